The van der Waals surface area contributed by atoms with Crippen molar-refractivity contribution in [1.82, 2.24) is 5.32 Å². The Labute approximate surface area is 195 Å². The van der Waals surface area contributed by atoms with E-state index in [0.29, 0.717) is 34.1 Å². The number of amides is 3. The Morgan fingerprint density at radius 3 is 2.56 bits per heavy atom. The Balaban J connectivity index is 1.45. The van der Waals surface area contributed by atoms with Gasteiger partial charge in [0.2, 0.25) is 0 Å². The van der Waals surface area contributed by atoms with Gasteiger partial charge in [-0.1, -0.05) is 29.3 Å². The second kappa shape index (κ2) is 9.32. The average Bonchev–Trinajstić information content (AvgIpc) is 3.38. The van der Waals surface area contributed by atoms with Crippen LogP contribution in [0.3, 0.4) is 0 Å². The Morgan fingerprint density at radius 2 is 1.88 bits per heavy atom. The zero-order valence-corrected chi connectivity index (χ0v) is 18.8. The van der Waals surface area contributed by atoms with Crippen molar-refractivity contribution in [3.8, 4) is 0 Å². The molecule has 32 heavy (non-hydrogen) atoms. The normalized spacial score (nSPS) is 18.5. The maximum atomic E-state index is 13.0. The standard InChI is InChI=1S/C23H21Cl2N3O4/c1-13-17(24)5-2-6-18(13)28-22(30)19(25)20(23(28)31)27-15-9-7-14(8-10-15)21(29)26-12-16-4-3-11-32-16/h2,5-10,16,27H,3-4,11-12H2,1H3,(H,26,29). The number of carbonyl (C=O) groups excluding carboxylic acids is 3. The summed E-state index contributed by atoms with van der Waals surface area (Å²) < 4.78 is 5.50. The van der Waals surface area contributed by atoms with Gasteiger partial charge < -0.3 is 15.4 Å². The van der Waals surface area contributed by atoms with E-state index in [-0.39, 0.29) is 22.7 Å². The number of anilines is 2. The fourth-order valence-corrected chi connectivity index (χ4v) is 4.01. The number of hydrogen-bond donors (Lipinski definition) is 2. The number of ether oxygens (including phenoxy) is 1. The highest BCUT2D eigenvalue weighted by Crippen LogP contribution is 2.34. The molecule has 1 atom stereocenters. The Morgan fingerprint density at radius 1 is 1.12 bits per heavy atom. The molecule has 1 unspecified atom stereocenters. The van der Waals surface area contributed by atoms with Crippen LogP contribution in [0.25, 0.3) is 0 Å². The molecular formula is C23H21Cl2N3O4. The van der Waals surface area contributed by atoms with Gasteiger partial charge in [-0.05, 0) is 61.7 Å². The molecule has 0 bridgehead atoms. The molecule has 0 saturated carbocycles. The maximum Gasteiger partial charge on any atom is 0.283 e. The Hall–Kier alpha value is -2.87. The third-order valence-electron chi connectivity index (χ3n) is 5.44. The predicted octanol–water partition coefficient (Wildman–Crippen LogP) is 3.99. The molecule has 166 valence electrons. The summed E-state index contributed by atoms with van der Waals surface area (Å²) in [7, 11) is 0. The highest BCUT2D eigenvalue weighted by Gasteiger charge is 2.39. The van der Waals surface area contributed by atoms with Crippen LogP contribution in [0.5, 0.6) is 0 Å². The summed E-state index contributed by atoms with van der Waals surface area (Å²) in [5, 5.41) is 5.98. The molecule has 0 radical (unpaired) electrons. The number of imide groups is 1. The zero-order valence-electron chi connectivity index (χ0n) is 17.3. The molecule has 2 aliphatic heterocycles. The van der Waals surface area contributed by atoms with Gasteiger partial charge in [0.25, 0.3) is 17.7 Å². The highest BCUT2D eigenvalue weighted by molar-refractivity contribution is 6.53. The minimum Gasteiger partial charge on any atom is -0.376 e. The molecule has 0 spiro atoms. The third-order valence-corrected chi connectivity index (χ3v) is 6.20. The van der Waals surface area contributed by atoms with E-state index >= 15 is 0 Å². The molecule has 2 N–H and O–H groups in total. The molecule has 2 aromatic carbocycles. The molecule has 7 nitrogen and oxygen atoms in total. The van der Waals surface area contributed by atoms with Crippen LogP contribution >= 0.6 is 23.2 Å². The van der Waals surface area contributed by atoms with E-state index in [4.69, 9.17) is 27.9 Å². The summed E-state index contributed by atoms with van der Waals surface area (Å²) in [5.74, 6) is -1.42. The number of hydrogen-bond acceptors (Lipinski definition) is 5. The van der Waals surface area contributed by atoms with Crippen molar-refractivity contribution in [2.24, 2.45) is 0 Å². The highest BCUT2D eigenvalue weighted by atomic mass is 35.5. The fourth-order valence-electron chi connectivity index (χ4n) is 3.63. The lowest BCUT2D eigenvalue weighted by molar-refractivity contribution is -0.120. The van der Waals surface area contributed by atoms with Crippen molar-refractivity contribution >= 4 is 52.3 Å². The van der Waals surface area contributed by atoms with Crippen LogP contribution in [-0.2, 0) is 14.3 Å². The summed E-state index contributed by atoms with van der Waals surface area (Å²) in [6.07, 6.45) is 2.01. The molecule has 0 aliphatic carbocycles. The summed E-state index contributed by atoms with van der Waals surface area (Å²) in [5.41, 5.74) is 1.92. The largest absolute Gasteiger partial charge is 0.376 e. The second-order valence-electron chi connectivity index (χ2n) is 7.57. The van der Waals surface area contributed by atoms with Gasteiger partial charge in [0.1, 0.15) is 10.7 Å². The smallest absolute Gasteiger partial charge is 0.283 e. The van der Waals surface area contributed by atoms with Gasteiger partial charge in [0, 0.05) is 29.4 Å². The van der Waals surface area contributed by atoms with Gasteiger partial charge in [-0.15, -0.1) is 0 Å². The van der Waals surface area contributed by atoms with Gasteiger partial charge >= 0.3 is 0 Å². The molecule has 4 rings (SSSR count). The summed E-state index contributed by atoms with van der Waals surface area (Å²) in [6.45, 7) is 2.92. The quantitative estimate of drug-likeness (QED) is 0.619. The lowest BCUT2D eigenvalue weighted by Crippen LogP contribution is -2.33. The van der Waals surface area contributed by atoms with Gasteiger partial charge in [-0.3, -0.25) is 14.4 Å². The molecule has 3 amide bonds. The molecule has 9 heteroatoms. The minimum absolute atomic E-state index is 0.0355. The van der Waals surface area contributed by atoms with Gasteiger partial charge in [-0.25, -0.2) is 4.90 Å². The first-order valence-corrected chi connectivity index (χ1v) is 10.9. The van der Waals surface area contributed by atoms with Crippen LogP contribution in [0.15, 0.2) is 53.2 Å². The monoisotopic (exact) mass is 473 g/mol. The van der Waals surface area contributed by atoms with Crippen LogP contribution < -0.4 is 15.5 Å². The summed E-state index contributed by atoms with van der Waals surface area (Å²) in [6, 6.07) is 11.5. The summed E-state index contributed by atoms with van der Waals surface area (Å²) >= 11 is 12.3. The fraction of sp³-hybridized carbons (Fsp3) is 0.261. The number of carbonyl (C=O) groups is 3. The number of halogens is 2. The van der Waals surface area contributed by atoms with E-state index in [1.807, 2.05) is 0 Å². The van der Waals surface area contributed by atoms with Crippen LogP contribution in [0.4, 0.5) is 11.4 Å². The number of nitrogens with zero attached hydrogens (tertiary/aromatic N) is 1. The van der Waals surface area contributed by atoms with Crippen molar-refractivity contribution in [2.45, 2.75) is 25.9 Å². The Kier molecular flexibility index (Phi) is 6.50. The first-order chi connectivity index (χ1) is 15.4. The van der Waals surface area contributed by atoms with Crippen molar-refractivity contribution in [3.63, 3.8) is 0 Å². The second-order valence-corrected chi connectivity index (χ2v) is 8.35. The predicted molar refractivity (Wildman–Crippen MR) is 123 cm³/mol. The molecule has 0 aromatic heterocycles. The van der Waals surface area contributed by atoms with Gasteiger partial charge in [-0.2, -0.15) is 0 Å². The first-order valence-electron chi connectivity index (χ1n) is 10.2. The van der Waals surface area contributed by atoms with E-state index in [9.17, 15) is 14.4 Å². The van der Waals surface area contributed by atoms with Crippen molar-refractivity contribution in [2.75, 3.05) is 23.4 Å². The molecule has 2 heterocycles. The van der Waals surface area contributed by atoms with Crippen molar-refractivity contribution in [1.29, 1.82) is 0 Å². The first kappa shape index (κ1) is 22.3. The summed E-state index contributed by atoms with van der Waals surface area (Å²) in [4.78, 5) is 39.0. The van der Waals surface area contributed by atoms with E-state index in [1.54, 1.807) is 49.4 Å². The van der Waals surface area contributed by atoms with Gasteiger partial charge in [0.15, 0.2) is 0 Å². The molecule has 1 fully saturated rings. The topological polar surface area (TPSA) is 87.7 Å². The van der Waals surface area contributed by atoms with Crippen LogP contribution in [-0.4, -0.2) is 37.0 Å². The number of rotatable bonds is 6. The number of benzene rings is 2. The zero-order chi connectivity index (χ0) is 22.8. The van der Waals surface area contributed by atoms with Crippen molar-refractivity contribution < 1.29 is 19.1 Å². The average molecular weight is 474 g/mol. The maximum absolute atomic E-state index is 13.0. The molecular weight excluding hydrogens is 453 g/mol. The van der Waals surface area contributed by atoms with E-state index < -0.39 is 11.8 Å². The van der Waals surface area contributed by atoms with Crippen LogP contribution in [0, 0.1) is 6.92 Å². The van der Waals surface area contributed by atoms with Crippen LogP contribution in [0.1, 0.15) is 28.8 Å². The molecule has 2 aliphatic rings. The number of nitrogens with one attached hydrogen (secondary N) is 2. The molecule has 1 saturated heterocycles. The lowest BCUT2D eigenvalue weighted by Gasteiger charge is -2.18. The van der Waals surface area contributed by atoms with Crippen LogP contribution in [0.2, 0.25) is 5.02 Å². The molecule has 2 aromatic rings. The van der Waals surface area contributed by atoms with Crippen molar-refractivity contribution in [3.05, 3.63) is 69.3 Å². The SMILES string of the molecule is Cc1c(Cl)cccc1N1C(=O)C(Cl)=C(Nc2ccc(C(=O)NCC3CCCO3)cc2)C1=O. The minimum atomic E-state index is -0.630. The third kappa shape index (κ3) is 4.37. The van der Waals surface area contributed by atoms with E-state index in [2.05, 4.69) is 10.6 Å². The van der Waals surface area contributed by atoms with Gasteiger partial charge in [0.05, 0.1) is 11.8 Å². The Bertz CT molecular complexity index is 1110. The van der Waals surface area contributed by atoms with E-state index in [1.165, 1.54) is 0 Å². The lowest BCUT2D eigenvalue weighted by atomic mass is 10.1. The van der Waals surface area contributed by atoms with E-state index in [0.717, 1.165) is 24.3 Å².